The van der Waals surface area contributed by atoms with Crippen molar-refractivity contribution in [1.29, 1.82) is 0 Å². The fraction of sp³-hybridized carbons (Fsp3) is 1.00. The van der Waals surface area contributed by atoms with Crippen molar-refractivity contribution in [1.82, 2.24) is 0 Å². The van der Waals surface area contributed by atoms with E-state index in [1.165, 1.54) is 38.5 Å². The van der Waals surface area contributed by atoms with Crippen molar-refractivity contribution in [2.45, 2.75) is 87.9 Å². The molecule has 0 aromatic heterocycles. The Morgan fingerprint density at radius 1 is 1.00 bits per heavy atom. The molecule has 2 saturated carbocycles. The molecule has 1 heterocycles. The van der Waals surface area contributed by atoms with Gasteiger partial charge in [0.05, 0.1) is 17.3 Å². The summed E-state index contributed by atoms with van der Waals surface area (Å²) < 4.78 is 11.8. The lowest BCUT2D eigenvalue weighted by atomic mass is 9.65. The maximum Gasteiger partial charge on any atom is 0.0937 e. The number of ether oxygens (including phenoxy) is 2. The molecule has 1 spiro atoms. The molecule has 0 aromatic rings. The highest BCUT2D eigenvalue weighted by atomic mass is 16.5. The van der Waals surface area contributed by atoms with Gasteiger partial charge in [-0.15, -0.1) is 0 Å². The van der Waals surface area contributed by atoms with Crippen LogP contribution in [0.15, 0.2) is 0 Å². The molecule has 3 heteroatoms. The zero-order chi connectivity index (χ0) is 14.1. The molecular weight excluding hydrogens is 252 g/mol. The molecule has 3 unspecified atom stereocenters. The molecule has 1 aliphatic heterocycles. The summed E-state index contributed by atoms with van der Waals surface area (Å²) in [5.41, 5.74) is -0.534. The van der Waals surface area contributed by atoms with Crippen LogP contribution in [0.1, 0.15) is 70.6 Å². The van der Waals surface area contributed by atoms with Gasteiger partial charge in [-0.1, -0.05) is 32.1 Å². The molecule has 3 aliphatic rings. The molecule has 0 bridgehead atoms. The Morgan fingerprint density at radius 2 is 1.75 bits per heavy atom. The van der Waals surface area contributed by atoms with Crippen LogP contribution in [0.5, 0.6) is 0 Å². The molecule has 3 atom stereocenters. The van der Waals surface area contributed by atoms with Gasteiger partial charge in [0.1, 0.15) is 0 Å². The van der Waals surface area contributed by atoms with Crippen LogP contribution >= 0.6 is 0 Å². The van der Waals surface area contributed by atoms with Gasteiger partial charge < -0.3 is 14.6 Å². The van der Waals surface area contributed by atoms with E-state index >= 15 is 0 Å². The van der Waals surface area contributed by atoms with E-state index in [-0.39, 0.29) is 11.7 Å². The summed E-state index contributed by atoms with van der Waals surface area (Å²) >= 11 is 0. The third-order valence-electron chi connectivity index (χ3n) is 6.10. The largest absolute Gasteiger partial charge is 0.387 e. The Balaban J connectivity index is 1.74. The highest BCUT2D eigenvalue weighted by Crippen LogP contribution is 2.47. The van der Waals surface area contributed by atoms with Gasteiger partial charge in [-0.05, 0) is 44.4 Å². The second-order valence-electron chi connectivity index (χ2n) is 7.24. The number of hydrogen-bond acceptors (Lipinski definition) is 3. The Bertz CT molecular complexity index is 319. The monoisotopic (exact) mass is 282 g/mol. The molecule has 3 nitrogen and oxygen atoms in total. The van der Waals surface area contributed by atoms with Crippen molar-refractivity contribution >= 4 is 0 Å². The summed E-state index contributed by atoms with van der Waals surface area (Å²) in [6.07, 6.45) is 12.6. The molecule has 3 rings (SSSR count). The second kappa shape index (κ2) is 5.94. The number of methoxy groups -OCH3 is 1. The zero-order valence-corrected chi connectivity index (χ0v) is 12.9. The van der Waals surface area contributed by atoms with Crippen LogP contribution in [0, 0.1) is 5.92 Å². The topological polar surface area (TPSA) is 38.7 Å². The van der Waals surface area contributed by atoms with E-state index in [1.54, 1.807) is 7.11 Å². The first-order valence-corrected chi connectivity index (χ1v) is 8.58. The normalized spacial score (nSPS) is 41.7. The summed E-state index contributed by atoms with van der Waals surface area (Å²) in [5, 5.41) is 11.3. The smallest absolute Gasteiger partial charge is 0.0937 e. The quantitative estimate of drug-likeness (QED) is 0.843. The lowest BCUT2D eigenvalue weighted by Gasteiger charge is -2.51. The standard InChI is InChI=1S/C17H30O3/c1-19-15-7-3-6-11-17(15,18)14-8-12-20-16(13-14)9-4-2-5-10-16/h14-15,18H,2-13H2,1H3. The summed E-state index contributed by atoms with van der Waals surface area (Å²) in [6, 6.07) is 0. The van der Waals surface area contributed by atoms with Crippen molar-refractivity contribution < 1.29 is 14.6 Å². The Hall–Kier alpha value is -0.120. The van der Waals surface area contributed by atoms with Crippen molar-refractivity contribution in [2.75, 3.05) is 13.7 Å². The van der Waals surface area contributed by atoms with Gasteiger partial charge in [-0.3, -0.25) is 0 Å². The van der Waals surface area contributed by atoms with Gasteiger partial charge >= 0.3 is 0 Å². The fourth-order valence-electron chi connectivity index (χ4n) is 4.94. The lowest BCUT2D eigenvalue weighted by molar-refractivity contribution is -0.199. The Kier molecular flexibility index (Phi) is 4.40. The molecular formula is C17H30O3. The lowest BCUT2D eigenvalue weighted by Crippen LogP contribution is -2.56. The minimum absolute atomic E-state index is 0.0278. The summed E-state index contributed by atoms with van der Waals surface area (Å²) in [6.45, 7) is 0.823. The molecule has 0 radical (unpaired) electrons. The van der Waals surface area contributed by atoms with E-state index in [2.05, 4.69) is 0 Å². The molecule has 20 heavy (non-hydrogen) atoms. The first kappa shape index (κ1) is 14.8. The molecule has 0 aromatic carbocycles. The third-order valence-corrected chi connectivity index (χ3v) is 6.10. The summed E-state index contributed by atoms with van der Waals surface area (Å²) in [7, 11) is 1.76. The molecule has 3 fully saturated rings. The van der Waals surface area contributed by atoms with Crippen LogP contribution < -0.4 is 0 Å². The van der Waals surface area contributed by atoms with E-state index in [0.717, 1.165) is 38.7 Å². The Labute approximate surface area is 123 Å². The van der Waals surface area contributed by atoms with Gasteiger partial charge in [-0.2, -0.15) is 0 Å². The number of rotatable bonds is 2. The van der Waals surface area contributed by atoms with Gasteiger partial charge in [0.25, 0.3) is 0 Å². The van der Waals surface area contributed by atoms with Crippen molar-refractivity contribution in [3.05, 3.63) is 0 Å². The van der Waals surface area contributed by atoms with Crippen molar-refractivity contribution in [2.24, 2.45) is 5.92 Å². The third kappa shape index (κ3) is 2.65. The predicted molar refractivity (Wildman–Crippen MR) is 78.7 cm³/mol. The first-order chi connectivity index (χ1) is 9.69. The van der Waals surface area contributed by atoms with E-state index in [1.807, 2.05) is 0 Å². The molecule has 1 saturated heterocycles. The molecule has 1 N–H and O–H groups in total. The molecule has 116 valence electrons. The van der Waals surface area contributed by atoms with Crippen LogP contribution in [0.2, 0.25) is 0 Å². The van der Waals surface area contributed by atoms with Crippen molar-refractivity contribution in [3.63, 3.8) is 0 Å². The van der Waals surface area contributed by atoms with Crippen molar-refractivity contribution in [3.8, 4) is 0 Å². The van der Waals surface area contributed by atoms with Crippen LogP contribution in [0.4, 0.5) is 0 Å². The highest BCUT2D eigenvalue weighted by Gasteiger charge is 2.50. The Morgan fingerprint density at radius 3 is 2.50 bits per heavy atom. The minimum atomic E-state index is -0.610. The average molecular weight is 282 g/mol. The second-order valence-corrected chi connectivity index (χ2v) is 7.24. The van der Waals surface area contributed by atoms with E-state index in [0.29, 0.717) is 5.92 Å². The molecule has 2 aliphatic carbocycles. The van der Waals surface area contributed by atoms with Crippen LogP contribution in [0.3, 0.4) is 0 Å². The highest BCUT2D eigenvalue weighted by molar-refractivity contribution is 5.01. The van der Waals surface area contributed by atoms with E-state index in [9.17, 15) is 5.11 Å². The van der Waals surface area contributed by atoms with Crippen LogP contribution in [-0.2, 0) is 9.47 Å². The van der Waals surface area contributed by atoms with E-state index < -0.39 is 5.60 Å². The van der Waals surface area contributed by atoms with Gasteiger partial charge in [0, 0.05) is 13.7 Å². The van der Waals surface area contributed by atoms with E-state index in [4.69, 9.17) is 9.47 Å². The van der Waals surface area contributed by atoms with Gasteiger partial charge in [0.15, 0.2) is 0 Å². The summed E-state index contributed by atoms with van der Waals surface area (Å²) in [4.78, 5) is 0. The van der Waals surface area contributed by atoms with Gasteiger partial charge in [-0.25, -0.2) is 0 Å². The number of hydrogen-bond donors (Lipinski definition) is 1. The summed E-state index contributed by atoms with van der Waals surface area (Å²) in [5.74, 6) is 0.361. The SMILES string of the molecule is COC1CCCCC1(O)C1CCOC2(CCCCC2)C1. The van der Waals surface area contributed by atoms with Crippen LogP contribution in [0.25, 0.3) is 0 Å². The maximum atomic E-state index is 11.3. The number of aliphatic hydroxyl groups is 1. The fourth-order valence-corrected chi connectivity index (χ4v) is 4.94. The first-order valence-electron chi connectivity index (χ1n) is 8.58. The average Bonchev–Trinajstić information content (AvgIpc) is 2.48. The maximum absolute atomic E-state index is 11.3. The van der Waals surface area contributed by atoms with Gasteiger partial charge in [0.2, 0.25) is 0 Å². The minimum Gasteiger partial charge on any atom is -0.387 e. The van der Waals surface area contributed by atoms with Crippen LogP contribution in [-0.4, -0.2) is 36.1 Å². The predicted octanol–water partition coefficient (Wildman–Crippen LogP) is 3.44. The molecule has 0 amide bonds. The zero-order valence-electron chi connectivity index (χ0n) is 12.9.